The summed E-state index contributed by atoms with van der Waals surface area (Å²) in [6.45, 7) is 9.06. The SMILES string of the molecule is CC[C@@H](C)COC(=O)OC(=O)c1ccc(-c2ccc(OCCCCCCOCC3(C)CCO3)cc2)c(-c2cccc(F)c2)c1. The molecule has 8 heteroatoms. The van der Waals surface area contributed by atoms with Gasteiger partial charge >= 0.3 is 12.1 Å². The van der Waals surface area contributed by atoms with Crippen LogP contribution in [0.5, 0.6) is 5.75 Å². The summed E-state index contributed by atoms with van der Waals surface area (Å²) in [5.74, 6) is -0.319. The number of rotatable bonds is 16. The quantitative estimate of drug-likeness (QED) is 0.0917. The summed E-state index contributed by atoms with van der Waals surface area (Å²) in [5.41, 5.74) is 2.95. The van der Waals surface area contributed by atoms with Crippen molar-refractivity contribution in [1.29, 1.82) is 0 Å². The Morgan fingerprint density at radius 2 is 1.68 bits per heavy atom. The van der Waals surface area contributed by atoms with Gasteiger partial charge in [0.2, 0.25) is 0 Å². The predicted octanol–water partition coefficient (Wildman–Crippen LogP) is 8.63. The Labute approximate surface area is 259 Å². The maximum Gasteiger partial charge on any atom is 0.516 e. The molecule has 0 bridgehead atoms. The van der Waals surface area contributed by atoms with Gasteiger partial charge in [0.05, 0.1) is 37.6 Å². The van der Waals surface area contributed by atoms with Gasteiger partial charge in [-0.15, -0.1) is 0 Å². The first-order chi connectivity index (χ1) is 21.3. The van der Waals surface area contributed by atoms with Crippen molar-refractivity contribution < 1.29 is 37.7 Å². The molecule has 0 aliphatic carbocycles. The molecule has 1 unspecified atom stereocenters. The molecule has 7 nitrogen and oxygen atoms in total. The summed E-state index contributed by atoms with van der Waals surface area (Å²) in [4.78, 5) is 24.8. The second-order valence-corrected chi connectivity index (χ2v) is 11.6. The van der Waals surface area contributed by atoms with Gasteiger partial charge in [0, 0.05) is 13.0 Å². The average Bonchev–Trinajstić information content (AvgIpc) is 3.02. The van der Waals surface area contributed by atoms with E-state index in [4.69, 9.17) is 23.7 Å². The number of ether oxygens (including phenoxy) is 5. The van der Waals surface area contributed by atoms with Gasteiger partial charge in [-0.2, -0.15) is 0 Å². The van der Waals surface area contributed by atoms with Gasteiger partial charge in [-0.3, -0.25) is 0 Å². The Balaban J connectivity index is 1.32. The number of hydrogen-bond donors (Lipinski definition) is 0. The first-order valence-corrected chi connectivity index (χ1v) is 15.5. The van der Waals surface area contributed by atoms with Crippen LogP contribution in [0.1, 0.15) is 69.7 Å². The van der Waals surface area contributed by atoms with Crippen LogP contribution in [0, 0.1) is 11.7 Å². The van der Waals surface area contributed by atoms with Gasteiger partial charge in [0.1, 0.15) is 11.6 Å². The second-order valence-electron chi connectivity index (χ2n) is 11.6. The molecule has 3 aromatic rings. The lowest BCUT2D eigenvalue weighted by Gasteiger charge is -2.38. The third-order valence-electron chi connectivity index (χ3n) is 7.86. The smallest absolute Gasteiger partial charge is 0.494 e. The number of halogens is 1. The molecule has 1 aliphatic rings. The monoisotopic (exact) mass is 606 g/mol. The molecule has 3 aromatic carbocycles. The third kappa shape index (κ3) is 9.89. The fraction of sp³-hybridized carbons (Fsp3) is 0.444. The van der Waals surface area contributed by atoms with Gasteiger partial charge in [-0.25, -0.2) is 14.0 Å². The normalized spacial score (nSPS) is 16.5. The Hall–Kier alpha value is -3.75. The molecule has 1 heterocycles. The van der Waals surface area contributed by atoms with Crippen molar-refractivity contribution in [3.8, 4) is 28.0 Å². The first-order valence-electron chi connectivity index (χ1n) is 15.5. The number of carbonyl (C=O) groups is 2. The summed E-state index contributed by atoms with van der Waals surface area (Å²) in [7, 11) is 0. The van der Waals surface area contributed by atoms with Crippen molar-refractivity contribution in [2.45, 2.75) is 64.9 Å². The highest BCUT2D eigenvalue weighted by molar-refractivity contribution is 5.98. The van der Waals surface area contributed by atoms with E-state index in [2.05, 4.69) is 6.92 Å². The van der Waals surface area contributed by atoms with E-state index in [0.717, 1.165) is 68.6 Å². The Morgan fingerprint density at radius 3 is 2.36 bits per heavy atom. The molecule has 1 aliphatic heterocycles. The topological polar surface area (TPSA) is 80.3 Å². The zero-order chi connectivity index (χ0) is 31.4. The van der Waals surface area contributed by atoms with Crippen LogP contribution in [0.25, 0.3) is 22.3 Å². The maximum atomic E-state index is 14.2. The van der Waals surface area contributed by atoms with Gasteiger partial charge in [-0.1, -0.05) is 57.0 Å². The molecular weight excluding hydrogens is 563 g/mol. The molecule has 0 radical (unpaired) electrons. The van der Waals surface area contributed by atoms with Crippen molar-refractivity contribution in [2.75, 3.05) is 33.0 Å². The number of carbonyl (C=O) groups excluding carboxylic acids is 2. The van der Waals surface area contributed by atoms with Crippen molar-refractivity contribution in [1.82, 2.24) is 0 Å². The van der Waals surface area contributed by atoms with Gasteiger partial charge in [0.25, 0.3) is 0 Å². The largest absolute Gasteiger partial charge is 0.516 e. The molecule has 0 N–H and O–H groups in total. The van der Waals surface area contributed by atoms with Crippen molar-refractivity contribution >= 4 is 12.1 Å². The molecule has 0 spiro atoms. The number of unbranched alkanes of at least 4 members (excludes halogenated alkanes) is 3. The van der Waals surface area contributed by atoms with E-state index in [1.165, 1.54) is 12.1 Å². The number of benzene rings is 3. The molecule has 0 amide bonds. The van der Waals surface area contributed by atoms with E-state index in [-0.39, 0.29) is 23.7 Å². The first kappa shape index (κ1) is 33.1. The molecule has 2 atom stereocenters. The Kier molecular flexibility index (Phi) is 12.3. The predicted molar refractivity (Wildman–Crippen MR) is 167 cm³/mol. The zero-order valence-corrected chi connectivity index (χ0v) is 25.9. The second kappa shape index (κ2) is 16.4. The summed E-state index contributed by atoms with van der Waals surface area (Å²) in [5, 5.41) is 0. The highest BCUT2D eigenvalue weighted by atomic mass is 19.1. The van der Waals surface area contributed by atoms with Crippen LogP contribution < -0.4 is 4.74 Å². The van der Waals surface area contributed by atoms with Gasteiger partial charge < -0.3 is 23.7 Å². The molecule has 0 aromatic heterocycles. The van der Waals surface area contributed by atoms with Gasteiger partial charge in [-0.05, 0) is 90.8 Å². The van der Waals surface area contributed by atoms with E-state index in [9.17, 15) is 14.0 Å². The van der Waals surface area contributed by atoms with E-state index in [1.807, 2.05) is 38.1 Å². The number of hydrogen-bond acceptors (Lipinski definition) is 7. The fourth-order valence-electron chi connectivity index (χ4n) is 4.74. The van der Waals surface area contributed by atoms with Gasteiger partial charge in [0.15, 0.2) is 0 Å². The molecule has 1 saturated heterocycles. The van der Waals surface area contributed by atoms with Crippen molar-refractivity contribution in [3.05, 3.63) is 78.1 Å². The molecule has 0 saturated carbocycles. The van der Waals surface area contributed by atoms with Crippen LogP contribution in [-0.2, 0) is 18.9 Å². The third-order valence-corrected chi connectivity index (χ3v) is 7.86. The Bertz CT molecular complexity index is 1370. The van der Waals surface area contributed by atoms with Crippen LogP contribution >= 0.6 is 0 Å². The zero-order valence-electron chi connectivity index (χ0n) is 25.9. The molecule has 236 valence electrons. The van der Waals surface area contributed by atoms with Crippen LogP contribution in [-0.4, -0.2) is 50.8 Å². The summed E-state index contributed by atoms with van der Waals surface area (Å²) in [6.07, 6.45) is 4.99. The minimum Gasteiger partial charge on any atom is -0.494 e. The average molecular weight is 607 g/mol. The van der Waals surface area contributed by atoms with Crippen LogP contribution in [0.2, 0.25) is 0 Å². The molecule has 1 fully saturated rings. The lowest BCUT2D eigenvalue weighted by molar-refractivity contribution is -0.169. The minimum absolute atomic E-state index is 0.0777. The summed E-state index contributed by atoms with van der Waals surface area (Å²) >= 11 is 0. The van der Waals surface area contributed by atoms with Crippen LogP contribution in [0.3, 0.4) is 0 Å². The van der Waals surface area contributed by atoms with Crippen LogP contribution in [0.4, 0.5) is 9.18 Å². The molecule has 44 heavy (non-hydrogen) atoms. The highest BCUT2D eigenvalue weighted by Gasteiger charge is 2.33. The maximum absolute atomic E-state index is 14.2. The number of esters is 1. The summed E-state index contributed by atoms with van der Waals surface area (Å²) in [6, 6.07) is 18.8. The highest BCUT2D eigenvalue weighted by Crippen LogP contribution is 2.34. The Morgan fingerprint density at radius 1 is 0.932 bits per heavy atom. The lowest BCUT2D eigenvalue weighted by atomic mass is 9.92. The standard InChI is InChI=1S/C36H43FO7/c1-4-26(2)24-42-35(39)44-34(38)29-14-17-32(33(23-29)28-10-9-11-30(37)22-28)27-12-15-31(16-13-27)41-20-8-6-5-7-19-40-25-36(3)18-21-43-36/h9-17,22-23,26H,4-8,18-21,24-25H2,1-3H3/t26-,36?/m1/s1. The fourth-order valence-corrected chi connectivity index (χ4v) is 4.74. The van der Waals surface area contributed by atoms with E-state index < -0.39 is 17.9 Å². The van der Waals surface area contributed by atoms with Crippen molar-refractivity contribution in [3.63, 3.8) is 0 Å². The molecule has 4 rings (SSSR count). The van der Waals surface area contributed by atoms with E-state index in [0.29, 0.717) is 24.3 Å². The molecular formula is C36H43FO7. The van der Waals surface area contributed by atoms with Crippen molar-refractivity contribution in [2.24, 2.45) is 5.92 Å². The summed E-state index contributed by atoms with van der Waals surface area (Å²) < 4.78 is 41.4. The van der Waals surface area contributed by atoms with E-state index in [1.54, 1.807) is 30.3 Å². The lowest BCUT2D eigenvalue weighted by Crippen LogP contribution is -2.44. The van der Waals surface area contributed by atoms with Crippen LogP contribution in [0.15, 0.2) is 66.7 Å². The minimum atomic E-state index is -1.04. The van der Waals surface area contributed by atoms with E-state index >= 15 is 0 Å².